The van der Waals surface area contributed by atoms with E-state index in [0.29, 0.717) is 12.1 Å². The zero-order valence-electron chi connectivity index (χ0n) is 9.92. The Morgan fingerprint density at radius 2 is 1.33 bits per heavy atom. The molecule has 0 saturated heterocycles. The Kier molecular flexibility index (Phi) is 3.25. The topological polar surface area (TPSA) is 169 Å². The summed E-state index contributed by atoms with van der Waals surface area (Å²) >= 11 is 0. The molecule has 0 saturated carbocycles. The lowest BCUT2D eigenvalue weighted by molar-refractivity contribution is 0.391. The zero-order chi connectivity index (χ0) is 16.2. The second kappa shape index (κ2) is 4.46. The number of benzene rings is 2. The molecule has 0 spiro atoms. The lowest BCUT2D eigenvalue weighted by Gasteiger charge is -2.10. The molecule has 21 heavy (non-hydrogen) atoms. The second-order valence-electron chi connectivity index (χ2n) is 4.06. The van der Waals surface area contributed by atoms with E-state index in [1.807, 2.05) is 0 Å². The van der Waals surface area contributed by atoms with Gasteiger partial charge in [0.15, 0.2) is 11.5 Å². The van der Waals surface area contributed by atoms with Gasteiger partial charge in [-0.05, 0) is 17.5 Å². The average Bonchev–Trinajstić information content (AvgIpc) is 2.30. The van der Waals surface area contributed by atoms with Crippen molar-refractivity contribution in [3.05, 3.63) is 18.2 Å². The van der Waals surface area contributed by atoms with Crippen LogP contribution in [-0.2, 0) is 20.2 Å². The summed E-state index contributed by atoms with van der Waals surface area (Å²) in [6.07, 6.45) is 0. The average molecular weight is 336 g/mol. The fraction of sp³-hybridized carbons (Fsp3) is 0. The molecule has 0 heterocycles. The molecule has 2 aromatic carbocycles. The summed E-state index contributed by atoms with van der Waals surface area (Å²) in [4.78, 5) is -1.85. The van der Waals surface area contributed by atoms with Crippen LogP contribution >= 0.6 is 0 Å². The smallest absolute Gasteiger partial charge is 0.298 e. The van der Waals surface area contributed by atoms with Crippen LogP contribution in [0.3, 0.4) is 0 Å². The maximum atomic E-state index is 11.1. The number of rotatable bonds is 2. The molecule has 0 aliphatic heterocycles. The summed E-state index contributed by atoms with van der Waals surface area (Å²) < 4.78 is 62.0. The third-order valence-corrected chi connectivity index (χ3v) is 4.38. The van der Waals surface area contributed by atoms with Crippen LogP contribution in [0.25, 0.3) is 10.8 Å². The third-order valence-electron chi connectivity index (χ3n) is 2.68. The summed E-state index contributed by atoms with van der Waals surface area (Å²) in [5.41, 5.74) is 0. The Hall–Kier alpha value is -2.08. The van der Waals surface area contributed by atoms with Crippen molar-refractivity contribution >= 4 is 31.0 Å². The van der Waals surface area contributed by atoms with Crippen molar-refractivity contribution in [2.45, 2.75) is 9.79 Å². The standard InChI is InChI=1S/C10H8O9S2/c11-6-3-5(20(14,15)16)1-4-2-7(21(17,18)19)9(12)10(13)8(4)6/h1-3,11-13H,(H,14,15,16)(H,17,18,19). The van der Waals surface area contributed by atoms with Crippen molar-refractivity contribution in [3.63, 3.8) is 0 Å². The maximum absolute atomic E-state index is 11.1. The minimum atomic E-state index is -4.91. The molecule has 0 bridgehead atoms. The highest BCUT2D eigenvalue weighted by molar-refractivity contribution is 7.86. The fourth-order valence-corrected chi connectivity index (χ4v) is 2.94. The van der Waals surface area contributed by atoms with Gasteiger partial charge in [0.25, 0.3) is 20.2 Å². The monoisotopic (exact) mass is 336 g/mol. The fourth-order valence-electron chi connectivity index (χ4n) is 1.78. The van der Waals surface area contributed by atoms with E-state index in [-0.39, 0.29) is 5.39 Å². The van der Waals surface area contributed by atoms with Crippen LogP contribution in [0.5, 0.6) is 17.2 Å². The van der Waals surface area contributed by atoms with Crippen LogP contribution in [0.1, 0.15) is 0 Å². The lowest BCUT2D eigenvalue weighted by atomic mass is 10.1. The van der Waals surface area contributed by atoms with Gasteiger partial charge in [-0.1, -0.05) is 0 Å². The quantitative estimate of drug-likeness (QED) is 0.386. The molecule has 0 aliphatic rings. The SMILES string of the molecule is O=S(=O)(O)c1cc(O)c2c(O)c(O)c(S(=O)(=O)O)cc2c1. The van der Waals surface area contributed by atoms with E-state index in [0.717, 1.165) is 6.07 Å². The number of fused-ring (bicyclic) bond motifs is 1. The molecular formula is C10H8O9S2. The molecule has 5 N–H and O–H groups in total. The Morgan fingerprint density at radius 3 is 1.81 bits per heavy atom. The summed E-state index contributed by atoms with van der Waals surface area (Å²) in [5, 5.41) is 28.1. The van der Waals surface area contributed by atoms with E-state index in [1.54, 1.807) is 0 Å². The molecule has 0 radical (unpaired) electrons. The molecule has 0 atom stereocenters. The highest BCUT2D eigenvalue weighted by Crippen LogP contribution is 2.44. The van der Waals surface area contributed by atoms with Crippen molar-refractivity contribution in [1.82, 2.24) is 0 Å². The molecule has 0 amide bonds. The van der Waals surface area contributed by atoms with Crippen molar-refractivity contribution in [1.29, 1.82) is 0 Å². The molecule has 0 fully saturated rings. The van der Waals surface area contributed by atoms with Crippen molar-refractivity contribution in [2.24, 2.45) is 0 Å². The first-order chi connectivity index (χ1) is 9.43. The van der Waals surface area contributed by atoms with Crippen LogP contribution < -0.4 is 0 Å². The molecule has 11 heteroatoms. The molecule has 0 aromatic heterocycles. The summed E-state index contributed by atoms with van der Waals surface area (Å²) in [6, 6.07) is 1.98. The molecule has 2 rings (SSSR count). The van der Waals surface area contributed by atoms with E-state index in [9.17, 15) is 32.2 Å². The van der Waals surface area contributed by atoms with Gasteiger partial charge in [0, 0.05) is 6.07 Å². The maximum Gasteiger partial charge on any atom is 0.298 e. The Balaban J connectivity index is 3.03. The van der Waals surface area contributed by atoms with E-state index in [4.69, 9.17) is 9.11 Å². The van der Waals surface area contributed by atoms with E-state index >= 15 is 0 Å². The summed E-state index contributed by atoms with van der Waals surface area (Å²) in [6.45, 7) is 0. The van der Waals surface area contributed by atoms with E-state index in [1.165, 1.54) is 0 Å². The van der Waals surface area contributed by atoms with Gasteiger partial charge in [0.1, 0.15) is 10.6 Å². The largest absolute Gasteiger partial charge is 0.507 e. The van der Waals surface area contributed by atoms with Crippen LogP contribution in [0.2, 0.25) is 0 Å². The summed E-state index contributed by atoms with van der Waals surface area (Å²) in [5.74, 6) is -3.10. The highest BCUT2D eigenvalue weighted by atomic mass is 32.2. The first kappa shape index (κ1) is 15.3. The van der Waals surface area contributed by atoms with Gasteiger partial charge in [-0.3, -0.25) is 9.11 Å². The first-order valence-electron chi connectivity index (χ1n) is 5.09. The van der Waals surface area contributed by atoms with E-state index < -0.39 is 52.7 Å². The van der Waals surface area contributed by atoms with Crippen molar-refractivity contribution in [2.75, 3.05) is 0 Å². The Bertz CT molecular complexity index is 958. The van der Waals surface area contributed by atoms with Crippen LogP contribution in [0.4, 0.5) is 0 Å². The Morgan fingerprint density at radius 1 is 0.762 bits per heavy atom. The zero-order valence-corrected chi connectivity index (χ0v) is 11.6. The minimum absolute atomic E-state index is 0.342. The number of hydrogen-bond donors (Lipinski definition) is 5. The van der Waals surface area contributed by atoms with Gasteiger partial charge in [0.2, 0.25) is 0 Å². The first-order valence-corrected chi connectivity index (χ1v) is 7.97. The van der Waals surface area contributed by atoms with Crippen LogP contribution in [0.15, 0.2) is 28.0 Å². The molecule has 0 unspecified atom stereocenters. The van der Waals surface area contributed by atoms with Crippen molar-refractivity contribution < 1.29 is 41.3 Å². The molecule has 114 valence electrons. The number of aromatic hydroxyl groups is 3. The number of hydrogen-bond acceptors (Lipinski definition) is 7. The molecular weight excluding hydrogens is 328 g/mol. The lowest BCUT2D eigenvalue weighted by Crippen LogP contribution is -2.01. The van der Waals surface area contributed by atoms with Crippen LogP contribution in [0, 0.1) is 0 Å². The molecule has 9 nitrogen and oxygen atoms in total. The van der Waals surface area contributed by atoms with Crippen molar-refractivity contribution in [3.8, 4) is 17.2 Å². The predicted octanol–water partition coefficient (Wildman–Crippen LogP) is 0.450. The highest BCUT2D eigenvalue weighted by Gasteiger charge is 2.24. The van der Waals surface area contributed by atoms with E-state index in [2.05, 4.69) is 0 Å². The van der Waals surface area contributed by atoms with Crippen LogP contribution in [-0.4, -0.2) is 41.3 Å². The second-order valence-corrected chi connectivity index (χ2v) is 6.87. The number of phenolic OH excluding ortho intramolecular Hbond substituents is 3. The van der Waals surface area contributed by atoms with Gasteiger partial charge in [-0.2, -0.15) is 16.8 Å². The third kappa shape index (κ3) is 2.58. The Labute approximate surface area is 118 Å². The van der Waals surface area contributed by atoms with Gasteiger partial charge < -0.3 is 15.3 Å². The molecule has 2 aromatic rings. The van der Waals surface area contributed by atoms with Gasteiger partial charge >= 0.3 is 0 Å². The summed E-state index contributed by atoms with van der Waals surface area (Å²) in [7, 11) is -9.62. The molecule has 0 aliphatic carbocycles. The minimum Gasteiger partial charge on any atom is -0.507 e. The van der Waals surface area contributed by atoms with Gasteiger partial charge in [-0.15, -0.1) is 0 Å². The normalized spacial score (nSPS) is 12.7. The van der Waals surface area contributed by atoms with Gasteiger partial charge in [-0.25, -0.2) is 0 Å². The van der Waals surface area contributed by atoms with Gasteiger partial charge in [0.05, 0.1) is 10.3 Å². The predicted molar refractivity (Wildman–Crippen MR) is 68.6 cm³/mol. The number of phenols is 3.